The first-order valence-corrected chi connectivity index (χ1v) is 8.21. The lowest BCUT2D eigenvalue weighted by molar-refractivity contribution is -0.137. The van der Waals surface area contributed by atoms with Crippen LogP contribution in [0, 0.1) is 5.92 Å². The molecule has 1 N–H and O–H groups in total. The average molecular weight is 291 g/mol. The van der Waals surface area contributed by atoms with Crippen LogP contribution < -0.4 is 5.32 Å². The van der Waals surface area contributed by atoms with Crippen LogP contribution in [-0.2, 0) is 22.5 Å². The van der Waals surface area contributed by atoms with E-state index in [2.05, 4.69) is 21.1 Å². The molecule has 0 spiro atoms. The summed E-state index contributed by atoms with van der Waals surface area (Å²) in [4.78, 5) is 16.1. The van der Waals surface area contributed by atoms with Crippen LogP contribution in [0.15, 0.2) is 12.5 Å². The van der Waals surface area contributed by atoms with Gasteiger partial charge in [0.2, 0.25) is 5.91 Å². The van der Waals surface area contributed by atoms with E-state index in [1.165, 1.54) is 38.5 Å². The van der Waals surface area contributed by atoms with Crippen LogP contribution in [0.4, 0.5) is 0 Å². The summed E-state index contributed by atoms with van der Waals surface area (Å²) in [6.07, 6.45) is 12.4. The van der Waals surface area contributed by atoms with Crippen LogP contribution >= 0.6 is 0 Å². The zero-order valence-corrected chi connectivity index (χ0v) is 12.6. The number of carbonyl (C=O) groups excluding carboxylic acids is 1. The van der Waals surface area contributed by atoms with Crippen LogP contribution in [0.2, 0.25) is 0 Å². The number of hydrogen-bond donors (Lipinski definition) is 1. The fourth-order valence-corrected chi connectivity index (χ4v) is 3.35. The maximum Gasteiger partial charge on any atom is 0.249 e. The number of aryl methyl sites for hydroxylation is 1. The molecule has 1 saturated heterocycles. The van der Waals surface area contributed by atoms with Gasteiger partial charge in [0.25, 0.3) is 0 Å². The van der Waals surface area contributed by atoms with Crippen molar-refractivity contribution in [3.63, 3.8) is 0 Å². The number of aromatic nitrogens is 2. The molecule has 1 aliphatic heterocycles. The molecule has 2 aliphatic rings. The highest BCUT2D eigenvalue weighted by Crippen LogP contribution is 2.26. The lowest BCUT2D eigenvalue weighted by Crippen LogP contribution is -2.45. The molecule has 1 unspecified atom stereocenters. The highest BCUT2D eigenvalue weighted by molar-refractivity contribution is 5.81. The summed E-state index contributed by atoms with van der Waals surface area (Å²) in [5.74, 6) is 0.870. The molecule has 1 aromatic heterocycles. The molecule has 1 amide bonds. The van der Waals surface area contributed by atoms with Crippen LogP contribution in [0.25, 0.3) is 0 Å². The zero-order chi connectivity index (χ0) is 14.5. The molecule has 0 aromatic carbocycles. The molecule has 5 heteroatoms. The van der Waals surface area contributed by atoms with E-state index in [1.54, 1.807) is 0 Å². The summed E-state index contributed by atoms with van der Waals surface area (Å²) >= 11 is 0. The maximum absolute atomic E-state index is 11.7. The van der Waals surface area contributed by atoms with Gasteiger partial charge >= 0.3 is 0 Å². The molecule has 1 aliphatic carbocycles. The van der Waals surface area contributed by atoms with Crippen molar-refractivity contribution in [3.05, 3.63) is 18.2 Å². The number of carbonyl (C=O) groups is 1. The first kappa shape index (κ1) is 14.6. The fraction of sp³-hybridized carbons (Fsp3) is 0.750. The van der Waals surface area contributed by atoms with Crippen molar-refractivity contribution in [1.29, 1.82) is 0 Å². The van der Waals surface area contributed by atoms with Gasteiger partial charge in [-0.1, -0.05) is 32.1 Å². The van der Waals surface area contributed by atoms with E-state index in [0.29, 0.717) is 19.6 Å². The lowest BCUT2D eigenvalue weighted by Gasteiger charge is -2.22. The highest BCUT2D eigenvalue weighted by Gasteiger charge is 2.23. The molecule has 1 saturated carbocycles. The summed E-state index contributed by atoms with van der Waals surface area (Å²) in [5.41, 5.74) is 0.945. The van der Waals surface area contributed by atoms with Crippen molar-refractivity contribution in [2.45, 2.75) is 57.6 Å². The van der Waals surface area contributed by atoms with E-state index in [0.717, 1.165) is 18.2 Å². The first-order valence-electron chi connectivity index (χ1n) is 8.21. The summed E-state index contributed by atoms with van der Waals surface area (Å²) < 4.78 is 7.65. The second kappa shape index (κ2) is 7.07. The minimum absolute atomic E-state index is 0.0157. The number of amides is 1. The van der Waals surface area contributed by atoms with Gasteiger partial charge in [-0.05, 0) is 12.3 Å². The summed E-state index contributed by atoms with van der Waals surface area (Å²) in [7, 11) is 0. The highest BCUT2D eigenvalue weighted by atomic mass is 16.5. The van der Waals surface area contributed by atoms with Gasteiger partial charge < -0.3 is 14.6 Å². The largest absolute Gasteiger partial charge is 0.366 e. The number of imidazole rings is 1. The SMILES string of the molecule is O=C1NCCOC1Cc1cn(CCC2CCCCC2)cn1. The van der Waals surface area contributed by atoms with Gasteiger partial charge in [-0.3, -0.25) is 4.79 Å². The zero-order valence-electron chi connectivity index (χ0n) is 12.6. The molecule has 1 aromatic rings. The Morgan fingerprint density at radius 3 is 3.00 bits per heavy atom. The van der Waals surface area contributed by atoms with E-state index in [9.17, 15) is 4.79 Å². The lowest BCUT2D eigenvalue weighted by atomic mass is 9.87. The normalized spacial score (nSPS) is 24.0. The Balaban J connectivity index is 1.47. The Morgan fingerprint density at radius 2 is 2.19 bits per heavy atom. The fourth-order valence-electron chi connectivity index (χ4n) is 3.35. The number of nitrogens with zero attached hydrogens (tertiary/aromatic N) is 2. The van der Waals surface area contributed by atoms with E-state index >= 15 is 0 Å². The molecular weight excluding hydrogens is 266 g/mol. The standard InChI is InChI=1S/C16H25N3O2/c20-16-15(21-9-7-17-16)10-14-11-19(12-18-14)8-6-13-4-2-1-3-5-13/h11-13,15H,1-10H2,(H,17,20). The minimum atomic E-state index is -0.375. The molecule has 3 rings (SSSR count). The first-order chi connectivity index (χ1) is 10.3. The third-order valence-electron chi connectivity index (χ3n) is 4.61. The van der Waals surface area contributed by atoms with Gasteiger partial charge in [-0.25, -0.2) is 4.98 Å². The average Bonchev–Trinajstić information content (AvgIpc) is 2.96. The smallest absolute Gasteiger partial charge is 0.249 e. The summed E-state index contributed by atoms with van der Waals surface area (Å²) in [6, 6.07) is 0. The Labute approximate surface area is 126 Å². The summed E-state index contributed by atoms with van der Waals surface area (Å²) in [6.45, 7) is 2.25. The van der Waals surface area contributed by atoms with Crippen molar-refractivity contribution in [3.8, 4) is 0 Å². The summed E-state index contributed by atoms with van der Waals surface area (Å²) in [5, 5.41) is 2.83. The molecule has 5 nitrogen and oxygen atoms in total. The van der Waals surface area contributed by atoms with Crippen LogP contribution in [0.3, 0.4) is 0 Å². The van der Waals surface area contributed by atoms with Gasteiger partial charge in [0.1, 0.15) is 6.10 Å². The number of rotatable bonds is 5. The molecule has 2 heterocycles. The third kappa shape index (κ3) is 4.06. The minimum Gasteiger partial charge on any atom is -0.366 e. The Hall–Kier alpha value is -1.36. The van der Waals surface area contributed by atoms with Crippen LogP contribution in [0.5, 0.6) is 0 Å². The van der Waals surface area contributed by atoms with E-state index in [1.807, 2.05) is 6.33 Å². The van der Waals surface area contributed by atoms with Gasteiger partial charge in [0.15, 0.2) is 0 Å². The predicted molar refractivity (Wildman–Crippen MR) is 79.9 cm³/mol. The molecule has 116 valence electrons. The molecule has 21 heavy (non-hydrogen) atoms. The number of hydrogen-bond acceptors (Lipinski definition) is 3. The third-order valence-corrected chi connectivity index (χ3v) is 4.61. The van der Waals surface area contributed by atoms with Crippen LogP contribution in [-0.4, -0.2) is 34.7 Å². The van der Waals surface area contributed by atoms with Crippen molar-refractivity contribution in [1.82, 2.24) is 14.9 Å². The maximum atomic E-state index is 11.7. The van der Waals surface area contributed by atoms with Gasteiger partial charge in [-0.15, -0.1) is 0 Å². The molecule has 1 atom stereocenters. The number of nitrogens with one attached hydrogen (secondary N) is 1. The molecule has 0 radical (unpaired) electrons. The van der Waals surface area contributed by atoms with Crippen molar-refractivity contribution in [2.24, 2.45) is 5.92 Å². The van der Waals surface area contributed by atoms with Crippen molar-refractivity contribution >= 4 is 5.91 Å². The molecule has 0 bridgehead atoms. The monoisotopic (exact) mass is 291 g/mol. The quantitative estimate of drug-likeness (QED) is 0.901. The van der Waals surface area contributed by atoms with E-state index in [4.69, 9.17) is 4.74 Å². The van der Waals surface area contributed by atoms with E-state index in [-0.39, 0.29) is 12.0 Å². The van der Waals surface area contributed by atoms with E-state index < -0.39 is 0 Å². The Morgan fingerprint density at radius 1 is 1.33 bits per heavy atom. The van der Waals surface area contributed by atoms with Gasteiger partial charge in [0, 0.05) is 25.7 Å². The van der Waals surface area contributed by atoms with Gasteiger partial charge in [0.05, 0.1) is 18.6 Å². The second-order valence-electron chi connectivity index (χ2n) is 6.25. The second-order valence-corrected chi connectivity index (χ2v) is 6.25. The van der Waals surface area contributed by atoms with Crippen molar-refractivity contribution < 1.29 is 9.53 Å². The Kier molecular flexibility index (Phi) is 4.91. The number of morpholine rings is 1. The van der Waals surface area contributed by atoms with Crippen molar-refractivity contribution in [2.75, 3.05) is 13.2 Å². The predicted octanol–water partition coefficient (Wildman–Crippen LogP) is 1.91. The molecule has 2 fully saturated rings. The van der Waals surface area contributed by atoms with Crippen LogP contribution in [0.1, 0.15) is 44.2 Å². The van der Waals surface area contributed by atoms with Gasteiger partial charge in [-0.2, -0.15) is 0 Å². The topological polar surface area (TPSA) is 56.1 Å². The Bertz CT molecular complexity index is 466. The number of ether oxygens (including phenoxy) is 1. The molecular formula is C16H25N3O2.